The van der Waals surface area contributed by atoms with Gasteiger partial charge in [0.15, 0.2) is 8.07 Å². The van der Waals surface area contributed by atoms with Gasteiger partial charge in [0.05, 0.1) is 0 Å². The molecule has 1 aliphatic rings. The highest BCUT2D eigenvalue weighted by Gasteiger charge is 2.41. The van der Waals surface area contributed by atoms with Gasteiger partial charge in [-0.05, 0) is 109 Å². The molecule has 0 saturated heterocycles. The number of hydrogen-bond donors (Lipinski definition) is 0. The van der Waals surface area contributed by atoms with E-state index in [4.69, 9.17) is 4.42 Å². The molecular weight excluding hydrogens is 743 g/mol. The first-order chi connectivity index (χ1) is 29.5. The summed E-state index contributed by atoms with van der Waals surface area (Å²) < 4.78 is 6.16. The molecule has 1 aliphatic carbocycles. The maximum atomic E-state index is 6.16. The fourth-order valence-corrected chi connectivity index (χ4v) is 14.7. The van der Waals surface area contributed by atoms with Crippen molar-refractivity contribution in [3.05, 3.63) is 236 Å². The second-order valence-electron chi connectivity index (χ2n) is 16.5. The molecule has 2 nitrogen and oxygen atoms in total. The Morgan fingerprint density at radius 3 is 1.50 bits per heavy atom. The van der Waals surface area contributed by atoms with E-state index in [1.54, 1.807) is 0 Å². The predicted molar refractivity (Wildman–Crippen MR) is 255 cm³/mol. The SMILES string of the molecule is CC1(C)c2ccccc2-c2ccc(N(c3ccc(-c4ccc5oc6ccccc6c5c4)cc3)c3ccc([Si](c4ccccc4)(c4ccccc4)c4ccccc4)cc3)cc21. The van der Waals surface area contributed by atoms with Gasteiger partial charge in [-0.2, -0.15) is 0 Å². The lowest BCUT2D eigenvalue weighted by molar-refractivity contribution is 0.660. The summed E-state index contributed by atoms with van der Waals surface area (Å²) in [5, 5.41) is 7.72. The van der Waals surface area contributed by atoms with E-state index < -0.39 is 8.07 Å². The minimum absolute atomic E-state index is 0.122. The normalized spacial score (nSPS) is 13.0. The molecule has 0 atom stereocenters. The molecule has 0 bridgehead atoms. The Morgan fingerprint density at radius 1 is 0.367 bits per heavy atom. The zero-order valence-electron chi connectivity index (χ0n) is 33.7. The van der Waals surface area contributed by atoms with E-state index in [0.29, 0.717) is 0 Å². The van der Waals surface area contributed by atoms with Crippen LogP contribution in [-0.2, 0) is 5.41 Å². The summed E-state index contributed by atoms with van der Waals surface area (Å²) in [6.07, 6.45) is 0. The Morgan fingerprint density at radius 2 is 0.850 bits per heavy atom. The van der Waals surface area contributed by atoms with Crippen LogP contribution in [-0.4, -0.2) is 8.07 Å². The Kier molecular flexibility index (Phi) is 8.54. The van der Waals surface area contributed by atoms with E-state index in [0.717, 1.165) is 50.1 Å². The van der Waals surface area contributed by atoms with Gasteiger partial charge >= 0.3 is 0 Å². The van der Waals surface area contributed by atoms with Crippen molar-refractivity contribution in [1.82, 2.24) is 0 Å². The van der Waals surface area contributed by atoms with Crippen LogP contribution in [0.5, 0.6) is 0 Å². The quantitative estimate of drug-likeness (QED) is 0.113. The number of hydrogen-bond acceptors (Lipinski definition) is 2. The van der Waals surface area contributed by atoms with Crippen molar-refractivity contribution in [2.45, 2.75) is 19.3 Å². The van der Waals surface area contributed by atoms with Crippen LogP contribution >= 0.6 is 0 Å². The molecule has 0 radical (unpaired) electrons. The van der Waals surface area contributed by atoms with Crippen molar-refractivity contribution < 1.29 is 4.42 Å². The first-order valence-electron chi connectivity index (χ1n) is 20.8. The lowest BCUT2D eigenvalue weighted by atomic mass is 9.82. The van der Waals surface area contributed by atoms with E-state index in [9.17, 15) is 0 Å². The zero-order chi connectivity index (χ0) is 40.3. The van der Waals surface area contributed by atoms with Crippen molar-refractivity contribution in [3.8, 4) is 22.3 Å². The summed E-state index contributed by atoms with van der Waals surface area (Å²) in [4.78, 5) is 2.43. The van der Waals surface area contributed by atoms with Crippen LogP contribution < -0.4 is 25.6 Å². The first-order valence-corrected chi connectivity index (χ1v) is 22.8. The second-order valence-corrected chi connectivity index (χ2v) is 20.3. The smallest absolute Gasteiger partial charge is 0.179 e. The number of furan rings is 1. The Hall–Kier alpha value is -7.20. The Labute approximate surface area is 352 Å². The third-order valence-corrected chi connectivity index (χ3v) is 17.6. The zero-order valence-corrected chi connectivity index (χ0v) is 34.7. The van der Waals surface area contributed by atoms with Crippen molar-refractivity contribution in [3.63, 3.8) is 0 Å². The molecule has 3 heteroatoms. The summed E-state index contributed by atoms with van der Waals surface area (Å²) in [6, 6.07) is 82.7. The van der Waals surface area contributed by atoms with Crippen molar-refractivity contribution in [2.24, 2.45) is 0 Å². The van der Waals surface area contributed by atoms with Crippen LogP contribution in [0, 0.1) is 0 Å². The molecule has 60 heavy (non-hydrogen) atoms. The van der Waals surface area contributed by atoms with E-state index in [1.165, 1.54) is 43.0 Å². The van der Waals surface area contributed by atoms with Gasteiger partial charge < -0.3 is 9.32 Å². The van der Waals surface area contributed by atoms with Crippen LogP contribution in [0.4, 0.5) is 17.1 Å². The fraction of sp³-hybridized carbons (Fsp3) is 0.0526. The highest BCUT2D eigenvalue weighted by molar-refractivity contribution is 7.19. The molecule has 1 aromatic heterocycles. The molecule has 1 heterocycles. The molecule has 0 saturated carbocycles. The summed E-state index contributed by atoms with van der Waals surface area (Å²) in [7, 11) is -2.69. The number of fused-ring (bicyclic) bond motifs is 6. The van der Waals surface area contributed by atoms with Crippen LogP contribution in [0.25, 0.3) is 44.2 Å². The maximum absolute atomic E-state index is 6.16. The highest BCUT2D eigenvalue weighted by Crippen LogP contribution is 2.50. The molecule has 9 aromatic carbocycles. The molecule has 11 rings (SSSR count). The standard InChI is InChI=1S/C57H43NOSi/c1-57(2)53-24-14-12-22-49(53)50-36-33-44(39-54(50)57)58(42-29-26-40(27-30-42)41-28-37-56-52(38-41)51-23-13-15-25-55(51)59-56)43-31-34-48(35-32-43)60(45-16-6-3-7-17-45,46-18-8-4-9-19-46)47-20-10-5-11-21-47/h3-39H,1-2H3. The Bertz CT molecular complexity index is 3050. The van der Waals surface area contributed by atoms with Crippen LogP contribution in [0.3, 0.4) is 0 Å². The van der Waals surface area contributed by atoms with Gasteiger partial charge in [-0.3, -0.25) is 0 Å². The predicted octanol–water partition coefficient (Wildman–Crippen LogP) is 12.4. The van der Waals surface area contributed by atoms with E-state index in [1.807, 2.05) is 12.1 Å². The summed E-state index contributed by atoms with van der Waals surface area (Å²) in [5.74, 6) is 0. The number of nitrogens with zero attached hydrogens (tertiary/aromatic N) is 1. The largest absolute Gasteiger partial charge is 0.456 e. The highest BCUT2D eigenvalue weighted by atomic mass is 28.3. The molecule has 0 aliphatic heterocycles. The molecular formula is C57H43NOSi. The van der Waals surface area contributed by atoms with Gasteiger partial charge in [-0.1, -0.05) is 184 Å². The van der Waals surface area contributed by atoms with Gasteiger partial charge in [-0.15, -0.1) is 0 Å². The van der Waals surface area contributed by atoms with E-state index in [2.05, 4.69) is 231 Å². The van der Waals surface area contributed by atoms with Gasteiger partial charge in [0.25, 0.3) is 0 Å². The molecule has 0 spiro atoms. The van der Waals surface area contributed by atoms with Crippen LogP contribution in [0.15, 0.2) is 229 Å². The van der Waals surface area contributed by atoms with E-state index >= 15 is 0 Å². The van der Waals surface area contributed by atoms with Gasteiger partial charge in [0.2, 0.25) is 0 Å². The van der Waals surface area contributed by atoms with Gasteiger partial charge in [0, 0.05) is 33.2 Å². The minimum Gasteiger partial charge on any atom is -0.456 e. The molecule has 10 aromatic rings. The molecule has 0 amide bonds. The van der Waals surface area contributed by atoms with Crippen LogP contribution in [0.1, 0.15) is 25.0 Å². The molecule has 0 fully saturated rings. The van der Waals surface area contributed by atoms with Crippen LogP contribution in [0.2, 0.25) is 0 Å². The second kappa shape index (κ2) is 14.3. The lowest BCUT2D eigenvalue weighted by Gasteiger charge is -2.35. The number of anilines is 3. The Balaban J connectivity index is 1.06. The first kappa shape index (κ1) is 35.9. The summed E-state index contributed by atoms with van der Waals surface area (Å²) in [6.45, 7) is 4.72. The molecule has 286 valence electrons. The number of para-hydroxylation sites is 1. The topological polar surface area (TPSA) is 16.4 Å². The van der Waals surface area contributed by atoms with Crippen molar-refractivity contribution >= 4 is 67.8 Å². The molecule has 0 unspecified atom stereocenters. The van der Waals surface area contributed by atoms with Gasteiger partial charge in [-0.25, -0.2) is 0 Å². The van der Waals surface area contributed by atoms with Gasteiger partial charge in [0.1, 0.15) is 11.2 Å². The minimum atomic E-state index is -2.69. The average molecular weight is 786 g/mol. The lowest BCUT2D eigenvalue weighted by Crippen LogP contribution is -2.74. The number of rotatable bonds is 8. The monoisotopic (exact) mass is 785 g/mol. The molecule has 0 N–H and O–H groups in total. The maximum Gasteiger partial charge on any atom is 0.179 e. The van der Waals surface area contributed by atoms with E-state index in [-0.39, 0.29) is 5.41 Å². The fourth-order valence-electron chi connectivity index (χ4n) is 9.91. The average Bonchev–Trinajstić information content (AvgIpc) is 3.80. The summed E-state index contributed by atoms with van der Waals surface area (Å²) in [5.41, 5.74) is 12.8. The summed E-state index contributed by atoms with van der Waals surface area (Å²) >= 11 is 0. The van der Waals surface area contributed by atoms with Crippen molar-refractivity contribution in [2.75, 3.05) is 4.90 Å². The third-order valence-electron chi connectivity index (χ3n) is 12.8. The van der Waals surface area contributed by atoms with Crippen molar-refractivity contribution in [1.29, 1.82) is 0 Å². The number of benzene rings is 9. The third kappa shape index (κ3) is 5.69.